The first-order valence-electron chi connectivity index (χ1n) is 7.26. The molecule has 1 amide bonds. The minimum Gasteiger partial charge on any atom is -0.348 e. The highest BCUT2D eigenvalue weighted by atomic mass is 16.2. The second kappa shape index (κ2) is 2.35. The van der Waals surface area contributed by atoms with Gasteiger partial charge in [-0.3, -0.25) is 4.79 Å². The smallest absolute Gasteiger partial charge is 0.227 e. The summed E-state index contributed by atoms with van der Waals surface area (Å²) >= 11 is 0. The van der Waals surface area contributed by atoms with E-state index in [1.807, 2.05) is 0 Å². The van der Waals surface area contributed by atoms with E-state index in [2.05, 4.69) is 15.3 Å². The van der Waals surface area contributed by atoms with Crippen molar-refractivity contribution in [2.45, 2.75) is 6.54 Å². The molecule has 7 rings (SSSR count). The lowest BCUT2D eigenvalue weighted by Crippen LogP contribution is -3.12. The number of nitrogens with two attached hydrogens (primary N) is 1. The normalized spacial score (nSPS) is 59.8. The summed E-state index contributed by atoms with van der Waals surface area (Å²) in [5.41, 5.74) is 6.52. The van der Waals surface area contributed by atoms with Crippen LogP contribution in [0.2, 0.25) is 0 Å². The van der Waals surface area contributed by atoms with Crippen molar-refractivity contribution in [3.63, 3.8) is 0 Å². The monoisotopic (exact) mass is 256 g/mol. The number of nitrogens with zero attached hydrogens (tertiary/aromatic N) is 1. The van der Waals surface area contributed by atoms with E-state index in [1.165, 1.54) is 0 Å². The van der Waals surface area contributed by atoms with Crippen LogP contribution in [0, 0.1) is 46.3 Å². The molecule has 98 valence electrons. The quantitative estimate of drug-likeness (QED) is 0.693. The average Bonchev–Trinajstić information content (AvgIpc) is 2.97. The van der Waals surface area contributed by atoms with E-state index in [9.17, 15) is 4.79 Å². The third-order valence-electron chi connectivity index (χ3n) is 7.56. The standard InChI is InChI=1S/C14H16N4O/c15-4-13-6-9-7(13)11-8(13)10(6)14(9,11)12(19)18-3-5-16-1-2-17-5/h1-2,6-11H,3-4,15H2,(H,16,17)(H,18,19). The molecule has 6 aliphatic rings. The van der Waals surface area contributed by atoms with Gasteiger partial charge in [0, 0.05) is 12.4 Å². The molecular weight excluding hydrogens is 240 g/mol. The van der Waals surface area contributed by atoms with E-state index >= 15 is 0 Å². The van der Waals surface area contributed by atoms with Crippen LogP contribution >= 0.6 is 0 Å². The number of aromatic nitrogens is 2. The average molecular weight is 256 g/mol. The summed E-state index contributed by atoms with van der Waals surface area (Å²) in [7, 11) is 0. The number of hydrogen-bond acceptors (Lipinski definition) is 3. The Morgan fingerprint density at radius 2 is 2.00 bits per heavy atom. The van der Waals surface area contributed by atoms with Gasteiger partial charge in [0.1, 0.15) is 5.82 Å². The van der Waals surface area contributed by atoms with E-state index in [4.69, 9.17) is 5.73 Å². The van der Waals surface area contributed by atoms with Gasteiger partial charge in [-0.05, 0) is 47.5 Å². The number of imidazole rings is 1. The van der Waals surface area contributed by atoms with E-state index in [1.54, 1.807) is 12.4 Å². The van der Waals surface area contributed by atoms with Crippen LogP contribution in [0.3, 0.4) is 0 Å². The summed E-state index contributed by atoms with van der Waals surface area (Å²) in [5, 5.41) is 3.09. The SMILES string of the molecule is NCC12C3C4C1C1C2C3C41C(=O)NCc1ncc[nH]1. The number of hydrogen-bond donors (Lipinski definition) is 3. The molecule has 0 saturated heterocycles. The summed E-state index contributed by atoms with van der Waals surface area (Å²) < 4.78 is 0. The first kappa shape index (κ1) is 9.53. The lowest BCUT2D eigenvalue weighted by atomic mass is 8.92. The molecule has 6 aliphatic carbocycles. The van der Waals surface area contributed by atoms with Crippen molar-refractivity contribution < 1.29 is 4.79 Å². The molecule has 1 heterocycles. The number of carbonyl (C=O) groups is 1. The number of H-pyrrole nitrogens is 1. The Morgan fingerprint density at radius 1 is 1.32 bits per heavy atom. The molecule has 6 saturated carbocycles. The van der Waals surface area contributed by atoms with Crippen LogP contribution in [-0.2, 0) is 11.3 Å². The Hall–Kier alpha value is -1.36. The molecule has 0 radical (unpaired) electrons. The second-order valence-electron chi connectivity index (χ2n) is 7.12. The highest BCUT2D eigenvalue weighted by molar-refractivity contribution is 5.92. The molecular formula is C14H16N4O. The minimum absolute atomic E-state index is 0.0452. The number of amides is 1. The molecule has 5 nitrogen and oxygen atoms in total. The Labute approximate surface area is 110 Å². The number of rotatable bonds is 4. The van der Waals surface area contributed by atoms with Gasteiger partial charge in [-0.1, -0.05) is 0 Å². The van der Waals surface area contributed by atoms with Crippen molar-refractivity contribution in [1.82, 2.24) is 15.3 Å². The molecule has 1 aromatic heterocycles. The van der Waals surface area contributed by atoms with Crippen molar-refractivity contribution in [3.8, 4) is 0 Å². The molecule has 5 heteroatoms. The highest BCUT2D eigenvalue weighted by Crippen LogP contribution is 3.10. The number of carbonyl (C=O) groups excluding carboxylic acids is 1. The van der Waals surface area contributed by atoms with Crippen LogP contribution in [0.5, 0.6) is 0 Å². The topological polar surface area (TPSA) is 83.8 Å². The predicted octanol–water partition coefficient (Wildman–Crippen LogP) is -0.277. The van der Waals surface area contributed by atoms with Gasteiger partial charge < -0.3 is 16.0 Å². The van der Waals surface area contributed by atoms with Crippen LogP contribution in [0.1, 0.15) is 5.82 Å². The van der Waals surface area contributed by atoms with Gasteiger partial charge in [0.05, 0.1) is 12.0 Å². The van der Waals surface area contributed by atoms with Gasteiger partial charge in [-0.25, -0.2) is 4.98 Å². The number of nitrogens with one attached hydrogen (secondary N) is 2. The van der Waals surface area contributed by atoms with E-state index in [0.717, 1.165) is 30.1 Å². The van der Waals surface area contributed by atoms with Crippen molar-refractivity contribution in [3.05, 3.63) is 18.2 Å². The summed E-state index contributed by atoms with van der Waals surface area (Å²) in [4.78, 5) is 19.7. The van der Waals surface area contributed by atoms with E-state index in [0.29, 0.717) is 29.7 Å². The molecule has 0 spiro atoms. The predicted molar refractivity (Wildman–Crippen MR) is 65.3 cm³/mol. The molecule has 0 aliphatic heterocycles. The maximum atomic E-state index is 12.5. The fraction of sp³-hybridized carbons (Fsp3) is 0.714. The zero-order valence-corrected chi connectivity index (χ0v) is 10.5. The van der Waals surface area contributed by atoms with Crippen molar-refractivity contribution >= 4 is 5.91 Å². The van der Waals surface area contributed by atoms with Crippen LogP contribution in [0.25, 0.3) is 0 Å². The van der Waals surface area contributed by atoms with Crippen LogP contribution < -0.4 is 11.1 Å². The second-order valence-corrected chi connectivity index (χ2v) is 7.12. The van der Waals surface area contributed by atoms with Gasteiger partial charge in [0.25, 0.3) is 0 Å². The summed E-state index contributed by atoms with van der Waals surface area (Å²) in [6.45, 7) is 1.39. The van der Waals surface area contributed by atoms with Crippen molar-refractivity contribution in [2.75, 3.05) is 6.54 Å². The first-order chi connectivity index (χ1) is 9.29. The molecule has 1 aromatic rings. The maximum Gasteiger partial charge on any atom is 0.227 e. The number of aromatic amines is 1. The van der Waals surface area contributed by atoms with Gasteiger partial charge in [0.15, 0.2) is 0 Å². The third-order valence-corrected chi connectivity index (χ3v) is 7.56. The van der Waals surface area contributed by atoms with Crippen LogP contribution in [0.15, 0.2) is 12.4 Å². The van der Waals surface area contributed by atoms with Crippen molar-refractivity contribution in [2.24, 2.45) is 52.1 Å². The molecule has 6 fully saturated rings. The van der Waals surface area contributed by atoms with Gasteiger partial charge >= 0.3 is 0 Å². The molecule has 4 N–H and O–H groups in total. The van der Waals surface area contributed by atoms with Crippen LogP contribution in [-0.4, -0.2) is 22.4 Å². The van der Waals surface area contributed by atoms with Crippen LogP contribution in [0.4, 0.5) is 0 Å². The fourth-order valence-electron chi connectivity index (χ4n) is 7.32. The minimum atomic E-state index is 0.0452. The van der Waals surface area contributed by atoms with E-state index in [-0.39, 0.29) is 11.3 Å². The Kier molecular flexibility index (Phi) is 1.18. The largest absolute Gasteiger partial charge is 0.348 e. The highest BCUT2D eigenvalue weighted by Gasteiger charge is 3.10. The lowest BCUT2D eigenvalue weighted by Gasteiger charge is -3.10. The molecule has 19 heavy (non-hydrogen) atoms. The Balaban J connectivity index is 1.23. The summed E-state index contributed by atoms with van der Waals surface area (Å²) in [5.74, 6) is 5.63. The zero-order chi connectivity index (χ0) is 12.6. The maximum absolute atomic E-state index is 12.5. The summed E-state index contributed by atoms with van der Waals surface area (Å²) in [6, 6.07) is 0. The van der Waals surface area contributed by atoms with Gasteiger partial charge in [0.2, 0.25) is 5.91 Å². The third kappa shape index (κ3) is 0.562. The Morgan fingerprint density at radius 3 is 2.53 bits per heavy atom. The van der Waals surface area contributed by atoms with E-state index < -0.39 is 0 Å². The zero-order valence-electron chi connectivity index (χ0n) is 10.5. The fourth-order valence-corrected chi connectivity index (χ4v) is 7.32. The molecule has 0 bridgehead atoms. The molecule has 0 unspecified atom stereocenters. The molecule has 0 atom stereocenters. The Bertz CT molecular complexity index is 568. The molecule has 0 aromatic carbocycles. The van der Waals surface area contributed by atoms with Gasteiger partial charge in [-0.2, -0.15) is 0 Å². The van der Waals surface area contributed by atoms with Crippen molar-refractivity contribution in [1.29, 1.82) is 0 Å². The lowest BCUT2D eigenvalue weighted by molar-refractivity contribution is -0.638. The summed E-state index contributed by atoms with van der Waals surface area (Å²) in [6.07, 6.45) is 3.51. The first-order valence-corrected chi connectivity index (χ1v) is 7.26. The van der Waals surface area contributed by atoms with Gasteiger partial charge in [-0.15, -0.1) is 0 Å².